The summed E-state index contributed by atoms with van der Waals surface area (Å²) in [6.45, 7) is 7.22. The number of guanidine groups is 1. The van der Waals surface area contributed by atoms with Crippen LogP contribution in [0.25, 0.3) is 0 Å². The van der Waals surface area contributed by atoms with Gasteiger partial charge in [-0.1, -0.05) is 32.6 Å². The average molecular weight is 330 g/mol. The lowest BCUT2D eigenvalue weighted by molar-refractivity contribution is 0.0782. The third-order valence-electron chi connectivity index (χ3n) is 4.51. The molecule has 5 heteroatoms. The Hall–Kier alpha value is -0.420. The molecule has 1 heterocycles. The third-order valence-corrected chi connectivity index (χ3v) is 5.93. The number of hydrogen-bond acceptors (Lipinski definition) is 3. The van der Waals surface area contributed by atoms with E-state index in [1.54, 1.807) is 0 Å². The highest BCUT2D eigenvalue weighted by atomic mass is 32.2. The molecule has 1 aliphatic heterocycles. The summed E-state index contributed by atoms with van der Waals surface area (Å²) in [7, 11) is 1.86. The van der Waals surface area contributed by atoms with Crippen LogP contribution in [0.2, 0.25) is 0 Å². The van der Waals surface area contributed by atoms with Gasteiger partial charge in [-0.05, 0) is 32.4 Å². The van der Waals surface area contributed by atoms with E-state index < -0.39 is 0 Å². The van der Waals surface area contributed by atoms with Gasteiger partial charge in [-0.15, -0.1) is 0 Å². The maximum absolute atomic E-state index is 5.50. The van der Waals surface area contributed by atoms with Gasteiger partial charge in [0.1, 0.15) is 0 Å². The molecule has 0 radical (unpaired) electrons. The molecule has 2 N–H and O–H groups in total. The molecule has 0 spiro atoms. The smallest absolute Gasteiger partial charge is 0.191 e. The molecule has 0 aliphatic carbocycles. The second-order valence-corrected chi connectivity index (χ2v) is 7.59. The minimum atomic E-state index is 0.292. The number of hydrogen-bond donors (Lipinski definition) is 2. The van der Waals surface area contributed by atoms with Gasteiger partial charge in [0, 0.05) is 37.6 Å². The molecule has 1 fully saturated rings. The highest BCUT2D eigenvalue weighted by Gasteiger charge is 2.31. The van der Waals surface area contributed by atoms with Crippen LogP contribution in [0.5, 0.6) is 0 Å². The normalized spacial score (nSPS) is 19.7. The lowest BCUT2D eigenvalue weighted by Crippen LogP contribution is -2.49. The first kappa shape index (κ1) is 19.6. The second kappa shape index (κ2) is 11.2. The molecule has 1 aliphatic rings. The number of aliphatic imine (C=N–C) groups is 1. The summed E-state index contributed by atoms with van der Waals surface area (Å²) in [5, 5.41) is 7.05. The predicted molar refractivity (Wildman–Crippen MR) is 99.0 cm³/mol. The standard InChI is InChI=1S/C17H35N3OS/c1-5-6-7-8-9-15(2)20-16(18-3)19-14-17(22-4)10-12-21-13-11-17/h15H,5-14H2,1-4H3,(H2,18,19,20). The van der Waals surface area contributed by atoms with Crippen molar-refractivity contribution < 1.29 is 4.74 Å². The van der Waals surface area contributed by atoms with Crippen LogP contribution >= 0.6 is 11.8 Å². The van der Waals surface area contributed by atoms with Gasteiger partial charge in [0.15, 0.2) is 5.96 Å². The minimum absolute atomic E-state index is 0.292. The van der Waals surface area contributed by atoms with E-state index in [-0.39, 0.29) is 0 Å². The first-order valence-corrected chi connectivity index (χ1v) is 9.98. The summed E-state index contributed by atoms with van der Waals surface area (Å²) in [6.07, 6.45) is 10.9. The molecule has 22 heavy (non-hydrogen) atoms. The Morgan fingerprint density at radius 3 is 2.59 bits per heavy atom. The van der Waals surface area contributed by atoms with Crippen molar-refractivity contribution in [1.29, 1.82) is 0 Å². The van der Waals surface area contributed by atoms with Gasteiger partial charge >= 0.3 is 0 Å². The lowest BCUT2D eigenvalue weighted by Gasteiger charge is -2.36. The number of unbranched alkanes of at least 4 members (excludes halogenated alkanes) is 3. The summed E-state index contributed by atoms with van der Waals surface area (Å²) in [4.78, 5) is 4.38. The molecule has 1 unspecified atom stereocenters. The Morgan fingerprint density at radius 2 is 2.00 bits per heavy atom. The molecule has 1 rings (SSSR count). The van der Waals surface area contributed by atoms with Crippen molar-refractivity contribution in [3.63, 3.8) is 0 Å². The van der Waals surface area contributed by atoms with Crippen molar-refractivity contribution >= 4 is 17.7 Å². The van der Waals surface area contributed by atoms with E-state index in [1.165, 1.54) is 32.1 Å². The zero-order valence-corrected chi connectivity index (χ0v) is 15.7. The van der Waals surface area contributed by atoms with E-state index in [0.717, 1.165) is 38.6 Å². The molecule has 4 nitrogen and oxygen atoms in total. The van der Waals surface area contributed by atoms with E-state index in [9.17, 15) is 0 Å². The third kappa shape index (κ3) is 7.23. The van der Waals surface area contributed by atoms with Gasteiger partial charge in [-0.2, -0.15) is 11.8 Å². The van der Waals surface area contributed by atoms with Gasteiger partial charge in [-0.3, -0.25) is 4.99 Å². The van der Waals surface area contributed by atoms with Crippen molar-refractivity contribution in [3.05, 3.63) is 0 Å². The Bertz CT molecular complexity index is 317. The number of rotatable bonds is 9. The largest absolute Gasteiger partial charge is 0.381 e. The van der Waals surface area contributed by atoms with E-state index in [2.05, 4.69) is 35.7 Å². The van der Waals surface area contributed by atoms with Gasteiger partial charge in [-0.25, -0.2) is 0 Å². The molecule has 1 atom stereocenters. The maximum atomic E-state index is 5.50. The van der Waals surface area contributed by atoms with Crippen LogP contribution in [0, 0.1) is 0 Å². The monoisotopic (exact) mass is 329 g/mol. The lowest BCUT2D eigenvalue weighted by atomic mass is 9.99. The van der Waals surface area contributed by atoms with Crippen LogP contribution in [-0.4, -0.2) is 49.8 Å². The molecular formula is C17H35N3OS. The van der Waals surface area contributed by atoms with Crippen molar-refractivity contribution in [2.75, 3.05) is 33.1 Å². The molecule has 0 bridgehead atoms. The fourth-order valence-corrected chi connectivity index (χ4v) is 3.61. The Labute approximate surface area is 141 Å². The maximum Gasteiger partial charge on any atom is 0.191 e. The van der Waals surface area contributed by atoms with E-state index in [1.807, 2.05) is 18.8 Å². The average Bonchev–Trinajstić information content (AvgIpc) is 2.56. The van der Waals surface area contributed by atoms with Crippen molar-refractivity contribution in [1.82, 2.24) is 10.6 Å². The molecule has 0 amide bonds. The summed E-state index contributed by atoms with van der Waals surface area (Å²) in [5.41, 5.74) is 0. The van der Waals surface area contributed by atoms with Crippen molar-refractivity contribution in [3.8, 4) is 0 Å². The van der Waals surface area contributed by atoms with Gasteiger partial charge in [0.2, 0.25) is 0 Å². The van der Waals surface area contributed by atoms with Crippen LogP contribution in [0.4, 0.5) is 0 Å². The quantitative estimate of drug-likeness (QED) is 0.386. The number of thioether (sulfide) groups is 1. The Morgan fingerprint density at radius 1 is 1.27 bits per heavy atom. The zero-order valence-electron chi connectivity index (χ0n) is 14.9. The summed E-state index contributed by atoms with van der Waals surface area (Å²) >= 11 is 1.96. The van der Waals surface area contributed by atoms with Crippen LogP contribution in [0.3, 0.4) is 0 Å². The van der Waals surface area contributed by atoms with Gasteiger partial charge in [0.05, 0.1) is 0 Å². The van der Waals surface area contributed by atoms with Crippen molar-refractivity contribution in [2.24, 2.45) is 4.99 Å². The van der Waals surface area contributed by atoms with Crippen molar-refractivity contribution in [2.45, 2.75) is 69.6 Å². The molecule has 0 aromatic heterocycles. The summed E-state index contributed by atoms with van der Waals surface area (Å²) in [6, 6.07) is 0.475. The first-order valence-electron chi connectivity index (χ1n) is 8.76. The van der Waals surface area contributed by atoms with Crippen LogP contribution < -0.4 is 10.6 Å². The van der Waals surface area contributed by atoms with E-state index >= 15 is 0 Å². The van der Waals surface area contributed by atoms with Crippen LogP contribution in [0.1, 0.15) is 58.8 Å². The fraction of sp³-hybridized carbons (Fsp3) is 0.941. The minimum Gasteiger partial charge on any atom is -0.381 e. The molecule has 0 aromatic rings. The molecule has 1 saturated heterocycles. The predicted octanol–water partition coefficient (Wildman–Crippen LogP) is 3.42. The highest BCUT2D eigenvalue weighted by Crippen LogP contribution is 2.32. The Balaban J connectivity index is 2.32. The summed E-state index contributed by atoms with van der Waals surface area (Å²) in [5.74, 6) is 0.933. The van der Waals surface area contributed by atoms with E-state index in [4.69, 9.17) is 4.74 Å². The SMILES string of the molecule is CCCCCCC(C)NC(=NC)NCC1(SC)CCOCC1. The summed E-state index contributed by atoms with van der Waals surface area (Å²) < 4.78 is 5.79. The number of ether oxygens (including phenoxy) is 1. The highest BCUT2D eigenvalue weighted by molar-refractivity contribution is 8.00. The fourth-order valence-electron chi connectivity index (χ4n) is 2.82. The second-order valence-electron chi connectivity index (χ2n) is 6.32. The number of nitrogens with one attached hydrogen (secondary N) is 2. The zero-order chi connectivity index (χ0) is 16.3. The molecule has 130 valence electrons. The Kier molecular flexibility index (Phi) is 9.96. The van der Waals surface area contributed by atoms with Gasteiger partial charge < -0.3 is 15.4 Å². The van der Waals surface area contributed by atoms with Crippen LogP contribution in [-0.2, 0) is 4.74 Å². The van der Waals surface area contributed by atoms with Gasteiger partial charge in [0.25, 0.3) is 0 Å². The molecular weight excluding hydrogens is 294 g/mol. The molecule has 0 aromatic carbocycles. The van der Waals surface area contributed by atoms with Crippen LogP contribution in [0.15, 0.2) is 4.99 Å². The topological polar surface area (TPSA) is 45.7 Å². The number of nitrogens with zero attached hydrogens (tertiary/aromatic N) is 1. The van der Waals surface area contributed by atoms with E-state index in [0.29, 0.717) is 10.8 Å². The molecule has 0 saturated carbocycles. The first-order chi connectivity index (χ1) is 10.7.